The Kier molecular flexibility index (Phi) is 5.07. The van der Waals surface area contributed by atoms with E-state index < -0.39 is 12.0 Å². The molecule has 1 atom stereocenters. The summed E-state index contributed by atoms with van der Waals surface area (Å²) in [6.45, 7) is 3.86. The van der Waals surface area contributed by atoms with E-state index in [2.05, 4.69) is 9.98 Å². The van der Waals surface area contributed by atoms with Crippen LogP contribution in [0.5, 0.6) is 11.5 Å². The van der Waals surface area contributed by atoms with Crippen LogP contribution in [0.4, 0.5) is 0 Å². The van der Waals surface area contributed by atoms with Crippen LogP contribution in [0.3, 0.4) is 0 Å². The van der Waals surface area contributed by atoms with Gasteiger partial charge in [-0.25, -0.2) is 9.79 Å². The number of allylic oxidation sites excluding steroid dienone is 1. The molecule has 176 valence electrons. The first kappa shape index (κ1) is 21.4. The van der Waals surface area contributed by atoms with E-state index in [0.717, 1.165) is 16.5 Å². The zero-order valence-corrected chi connectivity index (χ0v) is 19.8. The molecule has 1 N–H and O–H groups in total. The van der Waals surface area contributed by atoms with E-state index in [1.165, 1.54) is 11.3 Å². The number of ether oxygens (including phenoxy) is 3. The van der Waals surface area contributed by atoms with Crippen LogP contribution in [-0.4, -0.2) is 28.9 Å². The van der Waals surface area contributed by atoms with Gasteiger partial charge in [0.05, 0.1) is 28.5 Å². The van der Waals surface area contributed by atoms with Crippen molar-refractivity contribution in [3.05, 3.63) is 90.7 Å². The van der Waals surface area contributed by atoms with Gasteiger partial charge in [0.15, 0.2) is 16.3 Å². The van der Waals surface area contributed by atoms with Crippen molar-refractivity contribution in [1.82, 2.24) is 9.55 Å². The van der Waals surface area contributed by atoms with E-state index >= 15 is 0 Å². The molecule has 0 saturated heterocycles. The van der Waals surface area contributed by atoms with Gasteiger partial charge >= 0.3 is 5.97 Å². The summed E-state index contributed by atoms with van der Waals surface area (Å²) in [4.78, 5) is 35.2. The maximum Gasteiger partial charge on any atom is 0.338 e. The van der Waals surface area contributed by atoms with Gasteiger partial charge in [0.1, 0.15) is 0 Å². The van der Waals surface area contributed by atoms with E-state index in [4.69, 9.17) is 14.2 Å². The highest BCUT2D eigenvalue weighted by Crippen LogP contribution is 2.38. The summed E-state index contributed by atoms with van der Waals surface area (Å²) in [5.74, 6) is 0.697. The van der Waals surface area contributed by atoms with E-state index in [1.54, 1.807) is 24.5 Å². The number of esters is 1. The lowest BCUT2D eigenvalue weighted by Gasteiger charge is -2.24. The summed E-state index contributed by atoms with van der Waals surface area (Å²) in [7, 11) is 0. The maximum absolute atomic E-state index is 13.8. The molecule has 1 unspecified atom stereocenters. The summed E-state index contributed by atoms with van der Waals surface area (Å²) in [5.41, 5.74) is 3.24. The number of H-pyrrole nitrogens is 1. The molecule has 2 aromatic heterocycles. The van der Waals surface area contributed by atoms with Crippen molar-refractivity contribution < 1.29 is 19.0 Å². The Morgan fingerprint density at radius 3 is 2.94 bits per heavy atom. The average molecular weight is 488 g/mol. The number of hydrogen-bond acceptors (Lipinski definition) is 7. The Hall–Kier alpha value is -4.11. The minimum Gasteiger partial charge on any atom is -0.463 e. The molecule has 2 aliphatic rings. The molecule has 0 aliphatic carbocycles. The van der Waals surface area contributed by atoms with Crippen LogP contribution in [0.2, 0.25) is 0 Å². The highest BCUT2D eigenvalue weighted by Gasteiger charge is 2.34. The number of nitrogens with one attached hydrogen (secondary N) is 1. The largest absolute Gasteiger partial charge is 0.463 e. The molecule has 0 bridgehead atoms. The summed E-state index contributed by atoms with van der Waals surface area (Å²) >= 11 is 1.30. The third-order valence-electron chi connectivity index (χ3n) is 6.14. The molecule has 35 heavy (non-hydrogen) atoms. The van der Waals surface area contributed by atoms with Crippen molar-refractivity contribution in [1.29, 1.82) is 0 Å². The molecule has 0 spiro atoms. The van der Waals surface area contributed by atoms with Gasteiger partial charge in [0, 0.05) is 22.7 Å². The number of thiazole rings is 1. The highest BCUT2D eigenvalue weighted by atomic mass is 32.1. The maximum atomic E-state index is 13.8. The van der Waals surface area contributed by atoms with Crippen LogP contribution in [0.25, 0.3) is 17.0 Å². The molecular weight excluding hydrogens is 466 g/mol. The first-order valence-electron chi connectivity index (χ1n) is 11.2. The zero-order chi connectivity index (χ0) is 24.1. The van der Waals surface area contributed by atoms with Gasteiger partial charge in [-0.2, -0.15) is 0 Å². The third-order valence-corrected chi connectivity index (χ3v) is 7.12. The number of carbonyl (C=O) groups is 1. The minimum atomic E-state index is -0.704. The van der Waals surface area contributed by atoms with Gasteiger partial charge in [-0.1, -0.05) is 35.6 Å². The van der Waals surface area contributed by atoms with Crippen molar-refractivity contribution in [3.8, 4) is 11.5 Å². The molecule has 8 nitrogen and oxygen atoms in total. The summed E-state index contributed by atoms with van der Waals surface area (Å²) in [6.07, 6.45) is 3.75. The number of para-hydroxylation sites is 1. The molecule has 2 aromatic carbocycles. The number of hydrogen-bond donors (Lipinski definition) is 1. The molecular formula is C26H21N3O5S. The molecule has 0 radical (unpaired) electrons. The molecule has 6 rings (SSSR count). The first-order valence-corrected chi connectivity index (χ1v) is 12.0. The van der Waals surface area contributed by atoms with Crippen LogP contribution in [0, 0.1) is 0 Å². The Balaban J connectivity index is 1.57. The van der Waals surface area contributed by atoms with Crippen LogP contribution in [-0.2, 0) is 9.53 Å². The number of carbonyl (C=O) groups excluding carboxylic acids is 1. The molecule has 0 saturated carbocycles. The number of aromatic nitrogens is 2. The number of fused-ring (bicyclic) bond motifs is 3. The first-order chi connectivity index (χ1) is 17.0. The SMILES string of the molecule is CCOC(=O)C1=C(C)N=c2sc(=Cc3c[nH]c4ccccc34)c(=O)n2C1c1ccc2c(c1)OCO2. The number of benzene rings is 2. The van der Waals surface area contributed by atoms with Gasteiger partial charge in [0.25, 0.3) is 5.56 Å². The van der Waals surface area contributed by atoms with E-state index in [1.807, 2.05) is 48.7 Å². The van der Waals surface area contributed by atoms with Gasteiger partial charge in [-0.15, -0.1) is 0 Å². The molecule has 9 heteroatoms. The standard InChI is InChI=1S/C26H21N3O5S/c1-3-32-25(31)22-14(2)28-26-29(23(22)15-8-9-19-20(10-15)34-13-33-19)24(30)21(35-26)11-16-12-27-18-7-5-4-6-17(16)18/h4-12,23,27H,3,13H2,1-2H3. The second-order valence-corrected chi connectivity index (χ2v) is 9.21. The fourth-order valence-electron chi connectivity index (χ4n) is 4.54. The summed E-state index contributed by atoms with van der Waals surface area (Å²) < 4.78 is 18.5. The molecule has 4 heterocycles. The van der Waals surface area contributed by atoms with Crippen molar-refractivity contribution in [2.75, 3.05) is 13.4 Å². The Morgan fingerprint density at radius 2 is 2.09 bits per heavy atom. The summed E-state index contributed by atoms with van der Waals surface area (Å²) in [6, 6.07) is 12.7. The van der Waals surface area contributed by atoms with Gasteiger partial charge in [-0.05, 0) is 43.7 Å². The second kappa shape index (κ2) is 8.28. The second-order valence-electron chi connectivity index (χ2n) is 8.20. The van der Waals surface area contributed by atoms with E-state index in [-0.39, 0.29) is 19.0 Å². The van der Waals surface area contributed by atoms with Crippen molar-refractivity contribution in [2.24, 2.45) is 4.99 Å². The van der Waals surface area contributed by atoms with Gasteiger partial charge in [-0.3, -0.25) is 9.36 Å². The zero-order valence-electron chi connectivity index (χ0n) is 19.0. The number of nitrogens with zero attached hydrogens (tertiary/aromatic N) is 2. The third kappa shape index (κ3) is 3.47. The molecule has 0 amide bonds. The van der Waals surface area contributed by atoms with Crippen molar-refractivity contribution in [2.45, 2.75) is 19.9 Å². The minimum absolute atomic E-state index is 0.131. The van der Waals surface area contributed by atoms with Crippen LogP contribution in [0.1, 0.15) is 31.0 Å². The van der Waals surface area contributed by atoms with Gasteiger partial charge in [0.2, 0.25) is 6.79 Å². The fraction of sp³-hybridized carbons (Fsp3) is 0.192. The Bertz CT molecular complexity index is 1710. The number of rotatable bonds is 4. The topological polar surface area (TPSA) is 94.9 Å². The lowest BCUT2D eigenvalue weighted by Crippen LogP contribution is -2.39. The van der Waals surface area contributed by atoms with E-state index in [0.29, 0.717) is 37.7 Å². The Labute approximate surface area is 203 Å². The predicted octanol–water partition coefficient (Wildman–Crippen LogP) is 3.01. The molecule has 4 aromatic rings. The smallest absolute Gasteiger partial charge is 0.338 e. The normalized spacial score (nSPS) is 17.0. The van der Waals surface area contributed by atoms with E-state index in [9.17, 15) is 9.59 Å². The highest BCUT2D eigenvalue weighted by molar-refractivity contribution is 7.07. The average Bonchev–Trinajstić information content (AvgIpc) is 3.56. The Morgan fingerprint density at radius 1 is 1.26 bits per heavy atom. The molecule has 0 fully saturated rings. The van der Waals surface area contributed by atoms with Gasteiger partial charge < -0.3 is 19.2 Å². The van der Waals surface area contributed by atoms with Crippen molar-refractivity contribution >= 4 is 34.3 Å². The lowest BCUT2D eigenvalue weighted by atomic mass is 9.95. The number of aromatic amines is 1. The summed E-state index contributed by atoms with van der Waals surface area (Å²) in [5, 5.41) is 1.02. The molecule has 2 aliphatic heterocycles. The lowest BCUT2D eigenvalue weighted by molar-refractivity contribution is -0.139. The quantitative estimate of drug-likeness (QED) is 0.447. The van der Waals surface area contributed by atoms with Crippen molar-refractivity contribution in [3.63, 3.8) is 0 Å². The van der Waals surface area contributed by atoms with Crippen LogP contribution >= 0.6 is 11.3 Å². The van der Waals surface area contributed by atoms with Crippen LogP contribution in [0.15, 0.2) is 69.7 Å². The fourth-order valence-corrected chi connectivity index (χ4v) is 5.58. The monoisotopic (exact) mass is 487 g/mol. The predicted molar refractivity (Wildman–Crippen MR) is 131 cm³/mol. The van der Waals surface area contributed by atoms with Crippen LogP contribution < -0.4 is 24.4 Å².